The third kappa shape index (κ3) is 5.00. The Bertz CT molecular complexity index is 1890. The summed E-state index contributed by atoms with van der Waals surface area (Å²) in [5.74, 6) is -1.66. The number of carbonyl (C=O) groups is 2. The van der Waals surface area contributed by atoms with Gasteiger partial charge in [0.15, 0.2) is 0 Å². The monoisotopic (exact) mass is 567 g/mol. The Labute approximate surface area is 240 Å². The van der Waals surface area contributed by atoms with Gasteiger partial charge in [-0.05, 0) is 63.1 Å². The molecular weight excluding hydrogens is 537 g/mol. The molecule has 0 bridgehead atoms. The van der Waals surface area contributed by atoms with Gasteiger partial charge in [-0.15, -0.1) is 0 Å². The molecule has 0 aliphatic rings. The van der Waals surface area contributed by atoms with E-state index in [0.29, 0.717) is 11.5 Å². The number of pyridine rings is 1. The molecule has 0 atom stereocenters. The van der Waals surface area contributed by atoms with Gasteiger partial charge in [-0.2, -0.15) is 0 Å². The number of nitrogens with one attached hydrogen (secondary N) is 1. The number of anilines is 2. The largest absolute Gasteiger partial charge is 0.383 e. The van der Waals surface area contributed by atoms with Gasteiger partial charge < -0.3 is 25.9 Å². The van der Waals surface area contributed by atoms with Crippen LogP contribution in [0.3, 0.4) is 0 Å². The fourth-order valence-corrected chi connectivity index (χ4v) is 4.99. The van der Waals surface area contributed by atoms with E-state index in [1.54, 1.807) is 26.0 Å². The first-order valence-electron chi connectivity index (χ1n) is 13.4. The molecule has 0 radical (unpaired) electrons. The van der Waals surface area contributed by atoms with Gasteiger partial charge in [-0.3, -0.25) is 14.4 Å². The van der Waals surface area contributed by atoms with Crippen molar-refractivity contribution < 1.29 is 14.0 Å². The second-order valence-corrected chi connectivity index (χ2v) is 10.5. The lowest BCUT2D eigenvalue weighted by atomic mass is 9.99. The molecule has 0 unspecified atom stereocenters. The van der Waals surface area contributed by atoms with Crippen molar-refractivity contribution in [3.63, 3.8) is 0 Å². The number of carbonyl (C=O) groups excluding carboxylic acids is 2. The summed E-state index contributed by atoms with van der Waals surface area (Å²) < 4.78 is 17.1. The highest BCUT2D eigenvalue weighted by Gasteiger charge is 2.25. The molecule has 0 fully saturated rings. The number of primary amides is 1. The van der Waals surface area contributed by atoms with Crippen molar-refractivity contribution in [1.29, 1.82) is 0 Å². The second-order valence-electron chi connectivity index (χ2n) is 10.5. The van der Waals surface area contributed by atoms with E-state index >= 15 is 0 Å². The summed E-state index contributed by atoms with van der Waals surface area (Å²) in [5, 5.41) is 3.51. The topological polar surface area (TPSA) is 151 Å². The quantitative estimate of drug-likeness (QED) is 0.247. The van der Waals surface area contributed by atoms with E-state index in [4.69, 9.17) is 11.5 Å². The lowest BCUT2D eigenvalue weighted by Gasteiger charge is -2.20. The average Bonchev–Trinajstić information content (AvgIpc) is 3.35. The van der Waals surface area contributed by atoms with E-state index in [9.17, 15) is 18.8 Å². The molecule has 214 valence electrons. The van der Waals surface area contributed by atoms with Crippen LogP contribution in [0.15, 0.2) is 72.0 Å². The summed E-state index contributed by atoms with van der Waals surface area (Å²) in [4.78, 5) is 48.1. The molecule has 0 saturated heterocycles. The Morgan fingerprint density at radius 2 is 1.50 bits per heavy atom. The highest BCUT2D eigenvalue weighted by Crippen LogP contribution is 2.34. The van der Waals surface area contributed by atoms with E-state index in [1.807, 2.05) is 36.7 Å². The van der Waals surface area contributed by atoms with Gasteiger partial charge in [0.2, 0.25) is 5.43 Å². The number of amides is 2. The molecule has 11 heteroatoms. The van der Waals surface area contributed by atoms with Crippen LogP contribution in [-0.2, 0) is 0 Å². The number of hydrogen-bond acceptors (Lipinski definition) is 6. The summed E-state index contributed by atoms with van der Waals surface area (Å²) in [5.41, 5.74) is 14.0. The molecule has 0 aliphatic heterocycles. The number of benzene rings is 2. The normalized spacial score (nSPS) is 11.4. The molecule has 42 heavy (non-hydrogen) atoms. The fraction of sp³-hybridized carbons (Fsp3) is 0.194. The molecule has 10 nitrogen and oxygen atoms in total. The van der Waals surface area contributed by atoms with Crippen molar-refractivity contribution in [1.82, 2.24) is 19.1 Å². The molecule has 0 saturated carbocycles. The van der Waals surface area contributed by atoms with E-state index < -0.39 is 23.1 Å². The van der Waals surface area contributed by atoms with E-state index in [1.165, 1.54) is 41.4 Å². The molecule has 5 rings (SSSR count). The summed E-state index contributed by atoms with van der Waals surface area (Å²) >= 11 is 0. The van der Waals surface area contributed by atoms with Crippen LogP contribution >= 0.6 is 0 Å². The van der Waals surface area contributed by atoms with Crippen LogP contribution in [0.25, 0.3) is 33.3 Å². The SMILES string of the molecule is CC(C)n1cc(C(=O)Nc2ccc(-c3cn(C(C)C)c4ncnc(N)c34)cc2)c(=O)c(-c2ccc(F)cc2)c1C(N)=O. The Hall–Kier alpha value is -5.32. The highest BCUT2D eigenvalue weighted by molar-refractivity contribution is 6.07. The molecule has 5 aromatic rings. The predicted octanol–water partition coefficient (Wildman–Crippen LogP) is 5.16. The highest BCUT2D eigenvalue weighted by atomic mass is 19.1. The van der Waals surface area contributed by atoms with Crippen molar-refractivity contribution in [2.45, 2.75) is 39.8 Å². The third-order valence-corrected chi connectivity index (χ3v) is 7.05. The van der Waals surface area contributed by atoms with Gasteiger partial charge in [0.25, 0.3) is 11.8 Å². The smallest absolute Gasteiger partial charge is 0.266 e. The zero-order chi connectivity index (χ0) is 30.3. The van der Waals surface area contributed by atoms with E-state index in [2.05, 4.69) is 15.3 Å². The van der Waals surface area contributed by atoms with Gasteiger partial charge in [-0.25, -0.2) is 14.4 Å². The number of hydrogen-bond donors (Lipinski definition) is 3. The number of halogens is 1. The van der Waals surface area contributed by atoms with Crippen LogP contribution in [-0.4, -0.2) is 30.9 Å². The summed E-state index contributed by atoms with van der Waals surface area (Å²) in [7, 11) is 0. The Morgan fingerprint density at radius 3 is 2.10 bits per heavy atom. The first-order chi connectivity index (χ1) is 20.0. The first-order valence-corrected chi connectivity index (χ1v) is 13.4. The maximum absolute atomic E-state index is 13.6. The molecular formula is C31H30FN7O3. The Morgan fingerprint density at radius 1 is 0.881 bits per heavy atom. The van der Waals surface area contributed by atoms with Crippen LogP contribution in [0.5, 0.6) is 0 Å². The summed E-state index contributed by atoms with van der Waals surface area (Å²) in [6, 6.07) is 12.0. The maximum Gasteiger partial charge on any atom is 0.266 e. The zero-order valence-corrected chi connectivity index (χ0v) is 23.6. The first kappa shape index (κ1) is 28.2. The summed E-state index contributed by atoms with van der Waals surface area (Å²) in [6.45, 7) is 7.68. The minimum absolute atomic E-state index is 0.0636. The number of aromatic nitrogens is 4. The summed E-state index contributed by atoms with van der Waals surface area (Å²) in [6.07, 6.45) is 4.73. The van der Waals surface area contributed by atoms with Crippen molar-refractivity contribution >= 4 is 34.4 Å². The van der Waals surface area contributed by atoms with Crippen LogP contribution in [0.1, 0.15) is 60.6 Å². The minimum Gasteiger partial charge on any atom is -0.383 e. The van der Waals surface area contributed by atoms with Crippen LogP contribution in [0.2, 0.25) is 0 Å². The lowest BCUT2D eigenvalue weighted by Crippen LogP contribution is -2.31. The molecule has 0 spiro atoms. The molecule has 3 aromatic heterocycles. The Balaban J connectivity index is 1.54. The maximum atomic E-state index is 13.6. The van der Waals surface area contributed by atoms with Gasteiger partial charge in [0.1, 0.15) is 34.9 Å². The van der Waals surface area contributed by atoms with Crippen molar-refractivity contribution in [2.24, 2.45) is 5.73 Å². The molecule has 5 N–H and O–H groups in total. The van der Waals surface area contributed by atoms with Crippen molar-refractivity contribution in [2.75, 3.05) is 11.1 Å². The van der Waals surface area contributed by atoms with Gasteiger partial charge >= 0.3 is 0 Å². The second kappa shape index (κ2) is 10.9. The van der Waals surface area contributed by atoms with Gasteiger partial charge in [0.05, 0.1) is 10.9 Å². The number of rotatable bonds is 7. The number of nitrogen functional groups attached to an aromatic ring is 1. The van der Waals surface area contributed by atoms with Gasteiger partial charge in [0, 0.05) is 35.7 Å². The van der Waals surface area contributed by atoms with E-state index in [-0.39, 0.29) is 34.5 Å². The molecule has 0 aliphatic carbocycles. The van der Waals surface area contributed by atoms with Crippen LogP contribution in [0, 0.1) is 5.82 Å². The molecule has 2 aromatic carbocycles. The van der Waals surface area contributed by atoms with Crippen LogP contribution < -0.4 is 22.2 Å². The van der Waals surface area contributed by atoms with Gasteiger partial charge in [-0.1, -0.05) is 24.3 Å². The van der Waals surface area contributed by atoms with Crippen molar-refractivity contribution in [3.05, 3.63) is 94.5 Å². The molecule has 2 amide bonds. The molecule has 3 heterocycles. The predicted molar refractivity (Wildman–Crippen MR) is 161 cm³/mol. The van der Waals surface area contributed by atoms with E-state index in [0.717, 1.165) is 22.2 Å². The number of nitrogens with zero attached hydrogens (tertiary/aromatic N) is 4. The number of nitrogens with two attached hydrogens (primary N) is 2. The Kier molecular flexibility index (Phi) is 7.34. The number of fused-ring (bicyclic) bond motifs is 1. The lowest BCUT2D eigenvalue weighted by molar-refractivity contribution is 0.0983. The minimum atomic E-state index is -0.840. The third-order valence-electron chi connectivity index (χ3n) is 7.05. The standard InChI is InChI=1S/C31H30FN7O3/c1-16(2)38-14-23(27(40)24(26(38)29(34)41)19-5-9-20(32)10-6-19)31(42)37-21-11-7-18(8-12-21)22-13-39(17(3)4)30-25(22)28(33)35-15-36-30/h5-17H,1-4H3,(H2,34,41)(H,37,42)(H2,33,35,36). The van der Waals surface area contributed by atoms with Crippen LogP contribution in [0.4, 0.5) is 15.9 Å². The fourth-order valence-electron chi connectivity index (χ4n) is 4.99. The van der Waals surface area contributed by atoms with Crippen molar-refractivity contribution in [3.8, 4) is 22.3 Å². The zero-order valence-electron chi connectivity index (χ0n) is 23.6. The average molecular weight is 568 g/mol.